The van der Waals surface area contributed by atoms with Crippen LogP contribution in [0.1, 0.15) is 119 Å². The van der Waals surface area contributed by atoms with Crippen LogP contribution in [0.25, 0.3) is 21.3 Å². The highest BCUT2D eigenvalue weighted by Gasteiger charge is 2.44. The van der Waals surface area contributed by atoms with E-state index in [1.54, 1.807) is 29.9 Å². The Morgan fingerprint density at radius 3 is 2.34 bits per heavy atom. The number of amides is 5. The standard InChI is InChI=1S/C53H67N11O6S/c1-32-47(71-31-58-32)34-12-10-33(11-13-34)27-57-51(69)43-25-39(65)30-64(43)52(70)48(53(2,3)4)63-46(66)9-7-5-6-8-23-55-49(67)35-14-17-38(18-15-35)60-50(68)40-29-56-45(26-42(40)59-37-19-20-37)62-44-21-16-36-28-54-24-22-41(36)61-44/h10-13,16,21-22,24,26,28-29,31,35,37-39,43,48,65H,5-9,14-15,17-20,23,25,27,30H2,1-4H3,(H,55,67)(H,57,69)(H,60,68)(H,63,66)(H2,56,59,61,62)/t35?,38?,39-,43+,48?/m1/s1. The molecule has 18 heteroatoms. The first-order chi connectivity index (χ1) is 34.2. The van der Waals surface area contributed by atoms with Gasteiger partial charge in [-0.2, -0.15) is 0 Å². The molecule has 3 atom stereocenters. The van der Waals surface area contributed by atoms with Gasteiger partial charge >= 0.3 is 0 Å². The number of aryl methyl sites for hydroxylation is 1. The summed E-state index contributed by atoms with van der Waals surface area (Å²) in [4.78, 5) is 87.6. The summed E-state index contributed by atoms with van der Waals surface area (Å²) in [6.45, 7) is 8.41. The van der Waals surface area contributed by atoms with Gasteiger partial charge in [-0.1, -0.05) is 57.9 Å². The van der Waals surface area contributed by atoms with E-state index >= 15 is 0 Å². The Morgan fingerprint density at radius 2 is 1.61 bits per heavy atom. The molecule has 3 aliphatic rings. The second kappa shape index (κ2) is 23.1. The minimum Gasteiger partial charge on any atom is -0.391 e. The highest BCUT2D eigenvalue weighted by atomic mass is 32.1. The van der Waals surface area contributed by atoms with Gasteiger partial charge in [-0.3, -0.25) is 29.0 Å². The fourth-order valence-corrected chi connectivity index (χ4v) is 10.1. The summed E-state index contributed by atoms with van der Waals surface area (Å²) < 4.78 is 0. The Kier molecular flexibility index (Phi) is 16.6. The lowest BCUT2D eigenvalue weighted by Gasteiger charge is -2.35. The maximum atomic E-state index is 14.0. The van der Waals surface area contributed by atoms with Crippen LogP contribution < -0.4 is 31.9 Å². The molecule has 0 bridgehead atoms. The molecule has 7 N–H and O–H groups in total. The maximum absolute atomic E-state index is 14.0. The summed E-state index contributed by atoms with van der Waals surface area (Å²) >= 11 is 1.58. The number of anilines is 3. The van der Waals surface area contributed by atoms with E-state index in [1.807, 2.05) is 81.7 Å². The molecule has 5 amide bonds. The first kappa shape index (κ1) is 50.8. The van der Waals surface area contributed by atoms with E-state index in [0.29, 0.717) is 61.9 Å². The predicted octanol–water partition coefficient (Wildman–Crippen LogP) is 6.94. The van der Waals surface area contributed by atoms with Crippen molar-refractivity contribution in [3.05, 3.63) is 89.5 Å². The van der Waals surface area contributed by atoms with E-state index in [4.69, 9.17) is 0 Å². The molecule has 2 saturated carbocycles. The lowest BCUT2D eigenvalue weighted by Crippen LogP contribution is -2.57. The SMILES string of the molecule is Cc1ncsc1-c1ccc(CNC(=O)[C@@H]2C[C@@H](O)CN2C(=O)C(NC(=O)CCCCCCNC(=O)C2CCC(NC(=O)c3cnc(Nc4ccc5cnccc5n4)cc3NC3CC3)CC2)C(C)(C)C)cc1. The maximum Gasteiger partial charge on any atom is 0.255 e. The zero-order chi connectivity index (χ0) is 50.1. The molecule has 3 fully saturated rings. The quantitative estimate of drug-likeness (QED) is 0.0393. The molecule has 376 valence electrons. The van der Waals surface area contributed by atoms with Crippen molar-refractivity contribution in [3.8, 4) is 10.4 Å². The monoisotopic (exact) mass is 985 g/mol. The van der Waals surface area contributed by atoms with Crippen LogP contribution in [0.5, 0.6) is 0 Å². The van der Waals surface area contributed by atoms with Crippen molar-refractivity contribution < 1.29 is 29.1 Å². The van der Waals surface area contributed by atoms with Crippen LogP contribution in [0.15, 0.2) is 72.6 Å². The number of hydrogen-bond donors (Lipinski definition) is 7. The number of carbonyl (C=O) groups excluding carboxylic acids is 5. The zero-order valence-electron chi connectivity index (χ0n) is 41.1. The van der Waals surface area contributed by atoms with E-state index < -0.39 is 29.5 Å². The third-order valence-electron chi connectivity index (χ3n) is 13.6. The number of fused-ring (bicyclic) bond motifs is 1. The summed E-state index contributed by atoms with van der Waals surface area (Å²) in [6.07, 6.45) is 12.4. The number of aliphatic hydroxyl groups is 1. The first-order valence-electron chi connectivity index (χ1n) is 25.1. The van der Waals surface area contributed by atoms with E-state index in [1.165, 1.54) is 4.90 Å². The molecule has 2 aliphatic carbocycles. The largest absolute Gasteiger partial charge is 0.391 e. The number of nitrogens with zero attached hydrogens (tertiary/aromatic N) is 5. The van der Waals surface area contributed by atoms with Crippen molar-refractivity contribution >= 4 is 69.1 Å². The Hall–Kier alpha value is -6.53. The van der Waals surface area contributed by atoms with Crippen LogP contribution in [-0.2, 0) is 25.7 Å². The van der Waals surface area contributed by atoms with Crippen molar-refractivity contribution in [3.63, 3.8) is 0 Å². The summed E-state index contributed by atoms with van der Waals surface area (Å²) in [5.74, 6) is -0.0316. The number of aromatic nitrogens is 4. The number of thiazole rings is 1. The number of pyridine rings is 3. The number of unbranched alkanes of at least 4 members (excludes halogenated alkanes) is 3. The van der Waals surface area contributed by atoms with Crippen LogP contribution in [0.2, 0.25) is 0 Å². The summed E-state index contributed by atoms with van der Waals surface area (Å²) in [7, 11) is 0. The highest BCUT2D eigenvalue weighted by Crippen LogP contribution is 2.32. The van der Waals surface area contributed by atoms with Crippen molar-refractivity contribution in [1.29, 1.82) is 0 Å². The minimum absolute atomic E-state index is 0.00975. The molecule has 5 aromatic rings. The smallest absolute Gasteiger partial charge is 0.255 e. The van der Waals surface area contributed by atoms with E-state index in [-0.39, 0.29) is 61.5 Å². The molecule has 0 radical (unpaired) electrons. The number of likely N-dealkylation sites (tertiary alicyclic amines) is 1. The van der Waals surface area contributed by atoms with E-state index in [2.05, 4.69) is 51.8 Å². The van der Waals surface area contributed by atoms with Crippen molar-refractivity contribution in [2.24, 2.45) is 11.3 Å². The van der Waals surface area contributed by atoms with E-state index in [9.17, 15) is 29.1 Å². The number of benzene rings is 1. The van der Waals surface area contributed by atoms with Gasteiger partial charge in [0.05, 0.1) is 39.0 Å². The lowest BCUT2D eigenvalue weighted by atomic mass is 9.85. The molecular weight excluding hydrogens is 919 g/mol. The summed E-state index contributed by atoms with van der Waals surface area (Å²) in [5, 5.41) is 30.5. The molecule has 17 nitrogen and oxygen atoms in total. The van der Waals surface area contributed by atoms with Gasteiger partial charge in [-0.05, 0) is 93.0 Å². The first-order valence-corrected chi connectivity index (χ1v) is 25.9. The average Bonchev–Trinajstić information content (AvgIpc) is 3.93. The molecule has 0 spiro atoms. The topological polar surface area (TPSA) is 233 Å². The number of carbonyl (C=O) groups is 5. The van der Waals surface area contributed by atoms with Crippen LogP contribution >= 0.6 is 11.3 Å². The molecule has 4 aromatic heterocycles. The van der Waals surface area contributed by atoms with Gasteiger partial charge in [0.25, 0.3) is 5.91 Å². The fraction of sp³-hybridized carbons (Fsp3) is 0.491. The highest BCUT2D eigenvalue weighted by molar-refractivity contribution is 7.13. The second-order valence-electron chi connectivity index (χ2n) is 20.3. The van der Waals surface area contributed by atoms with Gasteiger partial charge in [0.15, 0.2) is 0 Å². The van der Waals surface area contributed by atoms with Crippen LogP contribution in [0.3, 0.4) is 0 Å². The predicted molar refractivity (Wildman–Crippen MR) is 275 cm³/mol. The number of nitrogens with one attached hydrogen (secondary N) is 6. The number of rotatable bonds is 20. The lowest BCUT2D eigenvalue weighted by molar-refractivity contribution is -0.144. The summed E-state index contributed by atoms with van der Waals surface area (Å²) in [5.41, 5.74) is 6.12. The van der Waals surface area contributed by atoms with Crippen molar-refractivity contribution in [2.45, 2.75) is 142 Å². The van der Waals surface area contributed by atoms with Gasteiger partial charge in [0.1, 0.15) is 23.7 Å². The Labute approximate surface area is 419 Å². The Balaban J connectivity index is 0.717. The van der Waals surface area contributed by atoms with Crippen LogP contribution in [0, 0.1) is 18.3 Å². The van der Waals surface area contributed by atoms with Crippen LogP contribution in [0.4, 0.5) is 17.3 Å². The van der Waals surface area contributed by atoms with Gasteiger partial charge in [0.2, 0.25) is 23.6 Å². The molecule has 1 unspecified atom stereocenters. The molecule has 5 heterocycles. The molecule has 71 heavy (non-hydrogen) atoms. The zero-order valence-corrected chi connectivity index (χ0v) is 41.9. The van der Waals surface area contributed by atoms with Crippen molar-refractivity contribution in [1.82, 2.24) is 46.1 Å². The average molecular weight is 986 g/mol. The van der Waals surface area contributed by atoms with Gasteiger partial charge in [-0.25, -0.2) is 15.0 Å². The third kappa shape index (κ3) is 13.7. The number of β-amino-alcohol motifs (C(OH)–C–C–N with tert-alkyl or cyclic N) is 1. The number of hydrogen-bond acceptors (Lipinski definition) is 13. The fourth-order valence-electron chi connectivity index (χ4n) is 9.33. The van der Waals surface area contributed by atoms with Gasteiger partial charge in [-0.15, -0.1) is 11.3 Å². The van der Waals surface area contributed by atoms with Crippen LogP contribution in [-0.4, -0.2) is 103 Å². The second-order valence-corrected chi connectivity index (χ2v) is 21.2. The normalized spacial score (nSPS) is 19.4. The van der Waals surface area contributed by atoms with Gasteiger partial charge in [0, 0.05) is 80.5 Å². The minimum atomic E-state index is -0.890. The molecule has 1 aromatic carbocycles. The molecule has 1 aliphatic heterocycles. The number of aliphatic hydroxyl groups excluding tert-OH is 1. The molecule has 1 saturated heterocycles. The van der Waals surface area contributed by atoms with E-state index in [0.717, 1.165) is 70.4 Å². The Bertz CT molecular complexity index is 2680. The van der Waals surface area contributed by atoms with Gasteiger partial charge < -0.3 is 41.9 Å². The summed E-state index contributed by atoms with van der Waals surface area (Å²) in [6, 6.07) is 14.0. The third-order valence-corrected chi connectivity index (χ3v) is 14.6. The molecule has 8 rings (SSSR count). The van der Waals surface area contributed by atoms with Crippen molar-refractivity contribution in [2.75, 3.05) is 23.7 Å². The Morgan fingerprint density at radius 1 is 0.845 bits per heavy atom. The molecular formula is C53H67N11O6S.